The highest BCUT2D eigenvalue weighted by Crippen LogP contribution is 2.40. The van der Waals surface area contributed by atoms with Crippen molar-refractivity contribution in [2.45, 2.75) is 71.3 Å². The molecule has 1 saturated heterocycles. The standard InChI is InChI=1S/C26H39N5O3/c1-20(14-21-8-5-4-6-9-21)24(33)30-13-10-26(34,25(2,3)18-30)19-29-15-22(17-32)28-23(16-29)31-12-7-11-27-31/h7,11-12,16-17,20-21,34H,4-6,8-10,13-15,18-19H2,1-3H3/t20-,26?/m1/s1. The molecule has 0 aromatic carbocycles. The van der Waals surface area contributed by atoms with Crippen LogP contribution in [0.2, 0.25) is 0 Å². The number of β-amino-alcohol motifs (C(OH)–C–C–N with tert-alkyl or cyclic N) is 1. The third-order valence-electron chi connectivity index (χ3n) is 8.05. The van der Waals surface area contributed by atoms with Gasteiger partial charge < -0.3 is 14.9 Å². The van der Waals surface area contributed by atoms with Gasteiger partial charge in [0.25, 0.3) is 0 Å². The molecule has 2 fully saturated rings. The molecule has 8 nitrogen and oxygen atoms in total. The van der Waals surface area contributed by atoms with Crippen molar-refractivity contribution in [2.75, 3.05) is 26.2 Å². The van der Waals surface area contributed by atoms with Gasteiger partial charge in [-0.3, -0.25) is 9.59 Å². The summed E-state index contributed by atoms with van der Waals surface area (Å²) in [5.74, 6) is 1.46. The maximum Gasteiger partial charge on any atom is 0.225 e. The zero-order chi connectivity index (χ0) is 24.3. The molecule has 3 aliphatic rings. The number of carbonyl (C=O) groups is 2. The molecule has 3 heterocycles. The first-order valence-electron chi connectivity index (χ1n) is 12.7. The number of rotatable bonds is 7. The van der Waals surface area contributed by atoms with Gasteiger partial charge in [0.05, 0.1) is 12.1 Å². The molecule has 2 atom stereocenters. The lowest BCUT2D eigenvalue weighted by atomic mass is 9.69. The lowest BCUT2D eigenvalue weighted by Gasteiger charge is -2.52. The lowest BCUT2D eigenvalue weighted by molar-refractivity contribution is -0.156. The van der Waals surface area contributed by atoms with Gasteiger partial charge in [-0.05, 0) is 24.8 Å². The largest absolute Gasteiger partial charge is 0.387 e. The predicted molar refractivity (Wildman–Crippen MR) is 132 cm³/mol. The number of carbonyl (C=O) groups excluding carboxylic acids is 2. The van der Waals surface area contributed by atoms with Crippen LogP contribution in [-0.4, -0.2) is 74.4 Å². The SMILES string of the molecule is C[C@H](CC1CCCCC1)C(=O)N1CCC(O)(CN2C=C(n3cccn3)N=C(C=O)C2)C(C)(C)C1. The first-order valence-corrected chi connectivity index (χ1v) is 12.7. The molecule has 1 aliphatic carbocycles. The summed E-state index contributed by atoms with van der Waals surface area (Å²) in [6.45, 7) is 7.91. The second kappa shape index (κ2) is 10.0. The number of aliphatic imine (C=N–C) groups is 1. The van der Waals surface area contributed by atoms with Crippen LogP contribution in [0, 0.1) is 17.3 Å². The molecule has 8 heteroatoms. The second-order valence-electron chi connectivity index (χ2n) is 11.1. The highest BCUT2D eigenvalue weighted by Gasteiger charge is 2.49. The Morgan fingerprint density at radius 3 is 2.71 bits per heavy atom. The van der Waals surface area contributed by atoms with E-state index in [0.29, 0.717) is 50.1 Å². The summed E-state index contributed by atoms with van der Waals surface area (Å²) >= 11 is 0. The average molecular weight is 470 g/mol. The number of piperidine rings is 1. The molecule has 1 unspecified atom stereocenters. The number of aliphatic hydroxyl groups is 1. The molecule has 0 bridgehead atoms. The van der Waals surface area contributed by atoms with Crippen LogP contribution in [0.3, 0.4) is 0 Å². The molecular formula is C26H39N5O3. The van der Waals surface area contributed by atoms with Crippen molar-refractivity contribution in [3.8, 4) is 0 Å². The molecule has 4 rings (SSSR count). The molecule has 1 amide bonds. The smallest absolute Gasteiger partial charge is 0.225 e. The minimum Gasteiger partial charge on any atom is -0.387 e. The Morgan fingerprint density at radius 1 is 1.29 bits per heavy atom. The lowest BCUT2D eigenvalue weighted by Crippen LogP contribution is -2.63. The van der Waals surface area contributed by atoms with E-state index in [4.69, 9.17) is 0 Å². The van der Waals surface area contributed by atoms with Gasteiger partial charge in [-0.2, -0.15) is 5.10 Å². The van der Waals surface area contributed by atoms with E-state index in [2.05, 4.69) is 17.0 Å². The normalized spacial score (nSPS) is 26.6. The van der Waals surface area contributed by atoms with E-state index in [-0.39, 0.29) is 11.8 Å². The van der Waals surface area contributed by atoms with E-state index >= 15 is 0 Å². The van der Waals surface area contributed by atoms with Crippen LogP contribution >= 0.6 is 0 Å². The first kappa shape index (κ1) is 24.6. The van der Waals surface area contributed by atoms with Crippen molar-refractivity contribution in [2.24, 2.45) is 22.2 Å². The van der Waals surface area contributed by atoms with E-state index < -0.39 is 11.0 Å². The highest BCUT2D eigenvalue weighted by molar-refractivity contribution is 6.30. The van der Waals surface area contributed by atoms with Gasteiger partial charge in [0.1, 0.15) is 5.71 Å². The summed E-state index contributed by atoms with van der Waals surface area (Å²) in [7, 11) is 0. The van der Waals surface area contributed by atoms with Gasteiger partial charge in [0.15, 0.2) is 12.1 Å². The Hall–Kier alpha value is -2.48. The van der Waals surface area contributed by atoms with E-state index in [1.54, 1.807) is 23.1 Å². The monoisotopic (exact) mass is 469 g/mol. The minimum atomic E-state index is -1.01. The second-order valence-corrected chi connectivity index (χ2v) is 11.1. The van der Waals surface area contributed by atoms with Gasteiger partial charge in [0, 0.05) is 49.6 Å². The van der Waals surface area contributed by atoms with E-state index in [0.717, 1.165) is 12.7 Å². The zero-order valence-electron chi connectivity index (χ0n) is 20.8. The summed E-state index contributed by atoms with van der Waals surface area (Å²) in [5, 5.41) is 16.0. The molecule has 186 valence electrons. The molecule has 2 aliphatic heterocycles. The molecule has 1 saturated carbocycles. The maximum atomic E-state index is 13.3. The number of likely N-dealkylation sites (tertiary alicyclic amines) is 1. The number of amides is 1. The van der Waals surface area contributed by atoms with Crippen LogP contribution in [-0.2, 0) is 9.59 Å². The maximum absolute atomic E-state index is 13.3. The molecule has 1 aromatic rings. The van der Waals surface area contributed by atoms with Gasteiger partial charge in [0.2, 0.25) is 5.91 Å². The summed E-state index contributed by atoms with van der Waals surface area (Å²) < 4.78 is 1.61. The van der Waals surface area contributed by atoms with Crippen molar-refractivity contribution in [1.29, 1.82) is 0 Å². The number of aldehydes is 1. The van der Waals surface area contributed by atoms with E-state index in [9.17, 15) is 14.7 Å². The van der Waals surface area contributed by atoms with Crippen LogP contribution in [0.25, 0.3) is 5.82 Å². The fourth-order valence-corrected chi connectivity index (χ4v) is 5.82. The van der Waals surface area contributed by atoms with Crippen LogP contribution in [0.15, 0.2) is 29.7 Å². The van der Waals surface area contributed by atoms with Crippen LogP contribution in [0.1, 0.15) is 65.7 Å². The Balaban J connectivity index is 1.41. The number of nitrogens with zero attached hydrogens (tertiary/aromatic N) is 5. The number of hydrogen-bond acceptors (Lipinski definition) is 6. The molecule has 1 aromatic heterocycles. The van der Waals surface area contributed by atoms with Crippen molar-refractivity contribution in [3.63, 3.8) is 0 Å². The minimum absolute atomic E-state index is 0.0260. The van der Waals surface area contributed by atoms with Crippen LogP contribution in [0.5, 0.6) is 0 Å². The molecule has 0 radical (unpaired) electrons. The summed E-state index contributed by atoms with van der Waals surface area (Å²) in [6, 6.07) is 1.80. The van der Waals surface area contributed by atoms with Gasteiger partial charge >= 0.3 is 0 Å². The van der Waals surface area contributed by atoms with Crippen molar-refractivity contribution in [3.05, 3.63) is 24.7 Å². The molecule has 1 N–H and O–H groups in total. The molecule has 34 heavy (non-hydrogen) atoms. The van der Waals surface area contributed by atoms with Gasteiger partial charge in [-0.15, -0.1) is 0 Å². The van der Waals surface area contributed by atoms with E-state index in [1.807, 2.05) is 29.8 Å². The first-order chi connectivity index (χ1) is 16.2. The summed E-state index contributed by atoms with van der Waals surface area (Å²) in [6.07, 6.45) is 13.9. The third-order valence-corrected chi connectivity index (χ3v) is 8.05. The topological polar surface area (TPSA) is 91.0 Å². The fourth-order valence-electron chi connectivity index (χ4n) is 5.82. The van der Waals surface area contributed by atoms with Crippen LogP contribution < -0.4 is 0 Å². The average Bonchev–Trinajstić information content (AvgIpc) is 3.36. The van der Waals surface area contributed by atoms with Crippen molar-refractivity contribution < 1.29 is 14.7 Å². The summed E-state index contributed by atoms with van der Waals surface area (Å²) in [4.78, 5) is 33.1. The molecule has 0 spiro atoms. The Labute approximate surface area is 202 Å². The van der Waals surface area contributed by atoms with Gasteiger partial charge in [-0.1, -0.05) is 52.9 Å². The quantitative estimate of drug-likeness (QED) is 0.620. The highest BCUT2D eigenvalue weighted by atomic mass is 16.3. The van der Waals surface area contributed by atoms with Gasteiger partial charge in [-0.25, -0.2) is 9.67 Å². The summed E-state index contributed by atoms with van der Waals surface area (Å²) in [5.41, 5.74) is -1.10. The van der Waals surface area contributed by atoms with Crippen LogP contribution in [0.4, 0.5) is 0 Å². The van der Waals surface area contributed by atoms with Crippen molar-refractivity contribution in [1.82, 2.24) is 19.6 Å². The predicted octanol–water partition coefficient (Wildman–Crippen LogP) is 3.19. The Kier molecular flexibility index (Phi) is 7.26. The Morgan fingerprint density at radius 2 is 2.06 bits per heavy atom. The number of hydrogen-bond donors (Lipinski definition) is 1. The zero-order valence-corrected chi connectivity index (χ0v) is 20.8. The van der Waals surface area contributed by atoms with Crippen molar-refractivity contribution >= 4 is 23.7 Å². The Bertz CT molecular complexity index is 932. The number of aromatic nitrogens is 2. The van der Waals surface area contributed by atoms with E-state index in [1.165, 1.54) is 32.1 Å². The fraction of sp³-hybridized carbons (Fsp3) is 0.692. The molecular weight excluding hydrogens is 430 g/mol. The third kappa shape index (κ3) is 5.27.